The number of aliphatic hydroxyl groups is 1. The predicted octanol–water partition coefficient (Wildman–Crippen LogP) is 5.88. The summed E-state index contributed by atoms with van der Waals surface area (Å²) in [5, 5.41) is 13.3. The maximum atomic E-state index is 14.3. The molecule has 0 radical (unpaired) electrons. The van der Waals surface area contributed by atoms with Gasteiger partial charge in [-0.1, -0.05) is 23.2 Å². The monoisotopic (exact) mass is 590 g/mol. The first-order chi connectivity index (χ1) is 18.3. The van der Waals surface area contributed by atoms with Gasteiger partial charge in [-0.3, -0.25) is 19.3 Å². The first-order valence-corrected chi connectivity index (χ1v) is 12.5. The normalized spacial score (nSPS) is 17.7. The van der Waals surface area contributed by atoms with Gasteiger partial charge in [0, 0.05) is 25.0 Å². The van der Waals surface area contributed by atoms with Crippen LogP contribution >= 0.6 is 23.2 Å². The molecule has 208 valence electrons. The Balaban J connectivity index is 1.74. The van der Waals surface area contributed by atoms with Crippen LogP contribution in [0.2, 0.25) is 10.0 Å². The van der Waals surface area contributed by atoms with Gasteiger partial charge in [0.1, 0.15) is 11.6 Å². The molecule has 1 amide bonds. The van der Waals surface area contributed by atoms with E-state index in [1.54, 1.807) is 0 Å². The molecule has 0 saturated heterocycles. The number of hydrogen-bond donors (Lipinski definition) is 1. The molecule has 3 aromatic rings. The van der Waals surface area contributed by atoms with E-state index in [-0.39, 0.29) is 46.9 Å². The Labute approximate surface area is 229 Å². The van der Waals surface area contributed by atoms with Crippen molar-refractivity contribution in [2.75, 3.05) is 6.54 Å². The van der Waals surface area contributed by atoms with Crippen molar-refractivity contribution in [3.63, 3.8) is 0 Å². The molecule has 1 aliphatic carbocycles. The number of hydrogen-bond acceptors (Lipinski definition) is 5. The summed E-state index contributed by atoms with van der Waals surface area (Å²) in [5.74, 6) is -4.04. The van der Waals surface area contributed by atoms with Gasteiger partial charge in [-0.25, -0.2) is 8.78 Å². The van der Waals surface area contributed by atoms with E-state index in [0.29, 0.717) is 11.0 Å². The van der Waals surface area contributed by atoms with E-state index in [4.69, 9.17) is 23.2 Å². The summed E-state index contributed by atoms with van der Waals surface area (Å²) in [6, 6.07) is 1.65. The summed E-state index contributed by atoms with van der Waals surface area (Å²) in [5.41, 5.74) is -2.49. The minimum absolute atomic E-state index is 0.109. The molecule has 39 heavy (non-hydrogen) atoms. The van der Waals surface area contributed by atoms with Crippen molar-refractivity contribution in [3.8, 4) is 0 Å². The van der Waals surface area contributed by atoms with Gasteiger partial charge in [-0.15, -0.1) is 0 Å². The average molecular weight is 591 g/mol. The minimum Gasteiger partial charge on any atom is -0.393 e. The molecule has 0 spiro atoms. The fourth-order valence-corrected chi connectivity index (χ4v) is 5.18. The molecule has 1 N–H and O–H groups in total. The van der Waals surface area contributed by atoms with E-state index in [9.17, 15) is 36.6 Å². The SMILES string of the molecule is O=C(CN(Cc1cc(F)cc(F)c1)C(=O)c1cnn(C2CCC(O)CC2)c1C(F)(F)F)c1c(Cl)cncc1Cl. The summed E-state index contributed by atoms with van der Waals surface area (Å²) in [4.78, 5) is 31.2. The third kappa shape index (κ3) is 6.56. The first kappa shape index (κ1) is 28.9. The number of aromatic nitrogens is 3. The van der Waals surface area contributed by atoms with Crippen LogP contribution in [0, 0.1) is 11.6 Å². The van der Waals surface area contributed by atoms with Gasteiger partial charge in [0.2, 0.25) is 0 Å². The van der Waals surface area contributed by atoms with Crippen molar-refractivity contribution in [3.05, 3.63) is 80.9 Å². The lowest BCUT2D eigenvalue weighted by Crippen LogP contribution is -2.37. The predicted molar refractivity (Wildman–Crippen MR) is 130 cm³/mol. The number of rotatable bonds is 7. The number of carbonyl (C=O) groups is 2. The second kappa shape index (κ2) is 11.6. The molecular formula is C25H21Cl2F5N4O3. The summed E-state index contributed by atoms with van der Waals surface area (Å²) < 4.78 is 71.3. The lowest BCUT2D eigenvalue weighted by Gasteiger charge is -2.28. The molecule has 0 atom stereocenters. The summed E-state index contributed by atoms with van der Waals surface area (Å²) in [6.07, 6.45) is -1.67. The van der Waals surface area contributed by atoms with E-state index < -0.39 is 66.0 Å². The molecule has 0 unspecified atom stereocenters. The van der Waals surface area contributed by atoms with Gasteiger partial charge in [-0.05, 0) is 43.4 Å². The molecule has 2 heterocycles. The van der Waals surface area contributed by atoms with Crippen molar-refractivity contribution >= 4 is 34.9 Å². The second-order valence-corrected chi connectivity index (χ2v) is 9.97. The van der Waals surface area contributed by atoms with E-state index in [0.717, 1.165) is 35.4 Å². The fourth-order valence-electron chi connectivity index (χ4n) is 4.60. The van der Waals surface area contributed by atoms with Crippen LogP contribution < -0.4 is 0 Å². The van der Waals surface area contributed by atoms with Crippen molar-refractivity contribution < 1.29 is 36.6 Å². The zero-order chi connectivity index (χ0) is 28.5. The molecular weight excluding hydrogens is 570 g/mol. The third-order valence-corrected chi connectivity index (χ3v) is 6.93. The standard InChI is InChI=1S/C25H21Cl2F5N4O3/c26-19-9-33-10-20(27)22(19)21(38)12-35(11-13-5-14(28)7-15(29)6-13)24(39)18-8-34-36(23(18)25(30,31)32)16-1-3-17(37)4-2-16/h5-10,16-17,37H,1-4,11-12H2. The summed E-state index contributed by atoms with van der Waals surface area (Å²) in [6.45, 7) is -1.43. The Morgan fingerprint density at radius 1 is 1.00 bits per heavy atom. The fraction of sp³-hybridized carbons (Fsp3) is 0.360. The third-order valence-electron chi connectivity index (χ3n) is 6.36. The Bertz CT molecular complexity index is 1350. The van der Waals surface area contributed by atoms with Crippen LogP contribution in [-0.2, 0) is 12.7 Å². The van der Waals surface area contributed by atoms with Gasteiger partial charge in [0.05, 0.1) is 46.1 Å². The Hall–Kier alpha value is -3.09. The van der Waals surface area contributed by atoms with Gasteiger partial charge >= 0.3 is 6.18 Å². The highest BCUT2D eigenvalue weighted by Gasteiger charge is 2.43. The number of Topliss-reactive ketones (excluding diaryl/α,β-unsaturated/α-hetero) is 1. The Morgan fingerprint density at radius 2 is 1.59 bits per heavy atom. The Kier molecular flexibility index (Phi) is 8.57. The number of carbonyl (C=O) groups excluding carboxylic acids is 2. The Morgan fingerprint density at radius 3 is 2.15 bits per heavy atom. The smallest absolute Gasteiger partial charge is 0.393 e. The molecule has 2 aromatic heterocycles. The molecule has 7 nitrogen and oxygen atoms in total. The van der Waals surface area contributed by atoms with Crippen LogP contribution in [0.4, 0.5) is 22.0 Å². The van der Waals surface area contributed by atoms with Crippen LogP contribution in [0.15, 0.2) is 36.8 Å². The first-order valence-electron chi connectivity index (χ1n) is 11.7. The topological polar surface area (TPSA) is 88.3 Å². The van der Waals surface area contributed by atoms with E-state index >= 15 is 0 Å². The number of pyridine rings is 1. The largest absolute Gasteiger partial charge is 0.433 e. The minimum atomic E-state index is -5.00. The van der Waals surface area contributed by atoms with Crippen LogP contribution in [0.1, 0.15) is 63.7 Å². The van der Waals surface area contributed by atoms with Crippen LogP contribution in [0.3, 0.4) is 0 Å². The highest BCUT2D eigenvalue weighted by Crippen LogP contribution is 2.38. The van der Waals surface area contributed by atoms with Crippen LogP contribution in [0.25, 0.3) is 0 Å². The average Bonchev–Trinajstić information content (AvgIpc) is 3.29. The molecule has 0 aliphatic heterocycles. The number of halogens is 7. The molecule has 14 heteroatoms. The van der Waals surface area contributed by atoms with Gasteiger partial charge in [-0.2, -0.15) is 18.3 Å². The number of nitrogens with zero attached hydrogens (tertiary/aromatic N) is 4. The number of ketones is 1. The summed E-state index contributed by atoms with van der Waals surface area (Å²) >= 11 is 12.1. The second-order valence-electron chi connectivity index (χ2n) is 9.15. The lowest BCUT2D eigenvalue weighted by atomic mass is 9.93. The van der Waals surface area contributed by atoms with Crippen molar-refractivity contribution in [2.24, 2.45) is 0 Å². The van der Waals surface area contributed by atoms with Crippen LogP contribution in [-0.4, -0.2) is 49.1 Å². The van der Waals surface area contributed by atoms with Crippen molar-refractivity contribution in [1.29, 1.82) is 0 Å². The van der Waals surface area contributed by atoms with Crippen LogP contribution in [0.5, 0.6) is 0 Å². The van der Waals surface area contributed by atoms with Gasteiger partial charge in [0.25, 0.3) is 5.91 Å². The summed E-state index contributed by atoms with van der Waals surface area (Å²) in [7, 11) is 0. The number of aliphatic hydroxyl groups excluding tert-OH is 1. The highest BCUT2D eigenvalue weighted by molar-refractivity contribution is 6.39. The molecule has 0 bridgehead atoms. The van der Waals surface area contributed by atoms with Gasteiger partial charge in [0.15, 0.2) is 11.5 Å². The van der Waals surface area contributed by atoms with Gasteiger partial charge < -0.3 is 10.0 Å². The van der Waals surface area contributed by atoms with E-state index in [1.165, 1.54) is 0 Å². The lowest BCUT2D eigenvalue weighted by molar-refractivity contribution is -0.145. The maximum absolute atomic E-state index is 14.3. The quantitative estimate of drug-likeness (QED) is 0.274. The number of amides is 1. The number of alkyl halides is 3. The van der Waals surface area contributed by atoms with E-state index in [2.05, 4.69) is 10.1 Å². The zero-order valence-corrected chi connectivity index (χ0v) is 21.6. The molecule has 1 aromatic carbocycles. The molecule has 1 fully saturated rings. The highest BCUT2D eigenvalue weighted by atomic mass is 35.5. The maximum Gasteiger partial charge on any atom is 0.433 e. The van der Waals surface area contributed by atoms with Crippen molar-refractivity contribution in [1.82, 2.24) is 19.7 Å². The number of benzene rings is 1. The molecule has 1 saturated carbocycles. The van der Waals surface area contributed by atoms with E-state index in [1.807, 2.05) is 0 Å². The zero-order valence-electron chi connectivity index (χ0n) is 20.1. The molecule has 1 aliphatic rings. The van der Waals surface area contributed by atoms with Crippen molar-refractivity contribution in [2.45, 2.75) is 50.6 Å². The molecule has 4 rings (SSSR count).